The average molecular weight is 350 g/mol. The number of hydrogen-bond donors (Lipinski definition) is 1. The zero-order chi connectivity index (χ0) is 12.0. The van der Waals surface area contributed by atoms with Crippen molar-refractivity contribution in [2.24, 2.45) is 0 Å². The molecule has 0 heterocycles. The summed E-state index contributed by atoms with van der Waals surface area (Å²) in [7, 11) is 2.00. The number of hydrogen-bond acceptors (Lipinski definition) is 1. The summed E-state index contributed by atoms with van der Waals surface area (Å²) in [6.07, 6.45) is 5.29. The number of unbranched alkanes of at least 4 members (excludes halogenated alkanes) is 1. The van der Waals surface area contributed by atoms with Gasteiger partial charge < -0.3 is 5.32 Å². The van der Waals surface area contributed by atoms with E-state index in [1.54, 1.807) is 0 Å². The third-order valence-electron chi connectivity index (χ3n) is 2.58. The lowest BCUT2D eigenvalue weighted by Gasteiger charge is -2.18. The van der Waals surface area contributed by atoms with E-state index >= 15 is 0 Å². The average Bonchev–Trinajstić information content (AvgIpc) is 2.28. The van der Waals surface area contributed by atoms with E-state index in [4.69, 9.17) is 11.6 Å². The molecule has 88 valence electrons. The molecule has 0 radical (unpaired) electrons. The third-order valence-corrected chi connectivity index (χ3v) is 3.80. The Bertz CT molecular complexity index is 352. The third kappa shape index (κ3) is 4.07. The first-order valence-corrected chi connectivity index (χ1v) is 6.87. The zero-order valence-electron chi connectivity index (χ0n) is 9.47. The minimum Gasteiger partial charge on any atom is -0.313 e. The molecular formula is C13H17ClIN. The number of halogens is 2. The summed E-state index contributed by atoms with van der Waals surface area (Å²) in [6, 6.07) is 6.43. The van der Waals surface area contributed by atoms with E-state index in [0.29, 0.717) is 6.04 Å². The molecule has 0 saturated carbocycles. The Morgan fingerprint density at radius 3 is 2.94 bits per heavy atom. The van der Waals surface area contributed by atoms with E-state index in [2.05, 4.69) is 46.6 Å². The first kappa shape index (κ1) is 14.0. The normalized spacial score (nSPS) is 12.4. The lowest BCUT2D eigenvalue weighted by molar-refractivity contribution is 0.528. The molecule has 1 N–H and O–H groups in total. The van der Waals surface area contributed by atoms with Crippen LogP contribution in [0.2, 0.25) is 5.02 Å². The van der Waals surface area contributed by atoms with Crippen LogP contribution in [0.15, 0.2) is 30.9 Å². The predicted octanol–water partition coefficient (Wildman–Crippen LogP) is 4.56. The van der Waals surface area contributed by atoms with Crippen molar-refractivity contribution in [3.63, 3.8) is 0 Å². The van der Waals surface area contributed by atoms with Crippen molar-refractivity contribution in [3.8, 4) is 0 Å². The largest absolute Gasteiger partial charge is 0.313 e. The van der Waals surface area contributed by atoms with Crippen molar-refractivity contribution in [1.82, 2.24) is 5.32 Å². The Morgan fingerprint density at radius 1 is 1.56 bits per heavy atom. The molecule has 0 aromatic heterocycles. The number of benzene rings is 1. The summed E-state index contributed by atoms with van der Waals surface area (Å²) in [6.45, 7) is 3.74. The topological polar surface area (TPSA) is 12.0 Å². The molecule has 0 spiro atoms. The summed E-state index contributed by atoms with van der Waals surface area (Å²) in [5.74, 6) is 0. The fourth-order valence-electron chi connectivity index (χ4n) is 1.70. The van der Waals surface area contributed by atoms with Gasteiger partial charge in [-0.25, -0.2) is 0 Å². The maximum atomic E-state index is 6.03. The van der Waals surface area contributed by atoms with E-state index in [-0.39, 0.29) is 0 Å². The van der Waals surface area contributed by atoms with Gasteiger partial charge >= 0.3 is 0 Å². The highest BCUT2D eigenvalue weighted by molar-refractivity contribution is 14.1. The molecular weight excluding hydrogens is 333 g/mol. The molecule has 1 unspecified atom stereocenters. The van der Waals surface area contributed by atoms with Crippen LogP contribution in [-0.4, -0.2) is 7.05 Å². The monoisotopic (exact) mass is 349 g/mol. The molecule has 0 fully saturated rings. The van der Waals surface area contributed by atoms with Gasteiger partial charge in [-0.3, -0.25) is 0 Å². The molecule has 0 amide bonds. The van der Waals surface area contributed by atoms with Crippen LogP contribution in [0.25, 0.3) is 0 Å². The summed E-state index contributed by atoms with van der Waals surface area (Å²) in [4.78, 5) is 0. The number of nitrogens with one attached hydrogen (secondary N) is 1. The van der Waals surface area contributed by atoms with Crippen LogP contribution >= 0.6 is 34.2 Å². The van der Waals surface area contributed by atoms with Gasteiger partial charge in [-0.2, -0.15) is 0 Å². The second kappa shape index (κ2) is 7.30. The lowest BCUT2D eigenvalue weighted by atomic mass is 10.0. The first-order chi connectivity index (χ1) is 7.69. The van der Waals surface area contributed by atoms with Gasteiger partial charge in [0.15, 0.2) is 0 Å². The summed E-state index contributed by atoms with van der Waals surface area (Å²) < 4.78 is 1.26. The quantitative estimate of drug-likeness (QED) is 0.451. The lowest BCUT2D eigenvalue weighted by Crippen LogP contribution is -2.17. The predicted molar refractivity (Wildman–Crippen MR) is 80.0 cm³/mol. The summed E-state index contributed by atoms with van der Waals surface area (Å²) in [5.41, 5.74) is 1.29. The molecule has 1 atom stereocenters. The molecule has 1 aromatic carbocycles. The van der Waals surface area contributed by atoms with E-state index in [1.807, 2.05) is 19.2 Å². The number of allylic oxidation sites excluding steroid dienone is 1. The van der Waals surface area contributed by atoms with E-state index in [9.17, 15) is 0 Å². The molecule has 1 rings (SSSR count). The van der Waals surface area contributed by atoms with Gasteiger partial charge in [-0.1, -0.05) is 17.7 Å². The second-order valence-corrected chi connectivity index (χ2v) is 5.33. The standard InChI is InChI=1S/C13H17ClIN/c1-3-4-5-6-13(16-2)11-9-10(14)7-8-12(11)15/h3,7-9,13,16H,1,4-6H2,2H3. The van der Waals surface area contributed by atoms with Crippen LogP contribution in [0.3, 0.4) is 0 Å². The Balaban J connectivity index is 2.77. The van der Waals surface area contributed by atoms with Crippen LogP contribution in [0, 0.1) is 3.57 Å². The maximum Gasteiger partial charge on any atom is 0.0410 e. The molecule has 1 nitrogen and oxygen atoms in total. The molecule has 0 aliphatic carbocycles. The van der Waals surface area contributed by atoms with Crippen molar-refractivity contribution in [3.05, 3.63) is 45.0 Å². The Morgan fingerprint density at radius 2 is 2.31 bits per heavy atom. The fourth-order valence-corrected chi connectivity index (χ4v) is 2.60. The van der Waals surface area contributed by atoms with Gasteiger partial charge in [-0.05, 0) is 72.7 Å². The van der Waals surface area contributed by atoms with Crippen LogP contribution in [-0.2, 0) is 0 Å². The molecule has 3 heteroatoms. The van der Waals surface area contributed by atoms with E-state index in [0.717, 1.165) is 24.3 Å². The van der Waals surface area contributed by atoms with Crippen molar-refractivity contribution in [2.45, 2.75) is 25.3 Å². The van der Waals surface area contributed by atoms with Crippen molar-refractivity contribution in [2.75, 3.05) is 7.05 Å². The van der Waals surface area contributed by atoms with E-state index < -0.39 is 0 Å². The van der Waals surface area contributed by atoms with Gasteiger partial charge in [-0.15, -0.1) is 6.58 Å². The van der Waals surface area contributed by atoms with Crippen molar-refractivity contribution < 1.29 is 0 Å². The molecule has 0 bridgehead atoms. The maximum absolute atomic E-state index is 6.03. The molecule has 1 aromatic rings. The highest BCUT2D eigenvalue weighted by atomic mass is 127. The van der Waals surface area contributed by atoms with Crippen molar-refractivity contribution >= 4 is 34.2 Å². The minimum absolute atomic E-state index is 0.380. The number of rotatable bonds is 6. The highest BCUT2D eigenvalue weighted by Gasteiger charge is 2.12. The zero-order valence-corrected chi connectivity index (χ0v) is 12.4. The van der Waals surface area contributed by atoms with Gasteiger partial charge in [0.25, 0.3) is 0 Å². The van der Waals surface area contributed by atoms with Crippen LogP contribution in [0.5, 0.6) is 0 Å². The molecule has 0 saturated heterocycles. The summed E-state index contributed by atoms with van der Waals surface area (Å²) in [5, 5.41) is 4.15. The smallest absolute Gasteiger partial charge is 0.0410 e. The van der Waals surface area contributed by atoms with Gasteiger partial charge in [0.1, 0.15) is 0 Å². The highest BCUT2D eigenvalue weighted by Crippen LogP contribution is 2.26. The second-order valence-electron chi connectivity index (χ2n) is 3.73. The minimum atomic E-state index is 0.380. The Labute approximate surface area is 116 Å². The SMILES string of the molecule is C=CCCCC(NC)c1cc(Cl)ccc1I. The van der Waals surface area contributed by atoms with Gasteiger partial charge in [0, 0.05) is 14.6 Å². The van der Waals surface area contributed by atoms with Crippen LogP contribution in [0.1, 0.15) is 30.9 Å². The van der Waals surface area contributed by atoms with Gasteiger partial charge in [0.2, 0.25) is 0 Å². The molecule has 0 aliphatic rings. The Hall–Kier alpha value is -0.0600. The fraction of sp³-hybridized carbons (Fsp3) is 0.385. The Kier molecular flexibility index (Phi) is 6.39. The van der Waals surface area contributed by atoms with Crippen LogP contribution in [0.4, 0.5) is 0 Å². The first-order valence-electron chi connectivity index (χ1n) is 5.42. The van der Waals surface area contributed by atoms with Gasteiger partial charge in [0.05, 0.1) is 0 Å². The van der Waals surface area contributed by atoms with Crippen molar-refractivity contribution in [1.29, 1.82) is 0 Å². The summed E-state index contributed by atoms with van der Waals surface area (Å²) >= 11 is 8.39. The molecule has 0 aliphatic heterocycles. The van der Waals surface area contributed by atoms with Crippen LogP contribution < -0.4 is 5.32 Å². The van der Waals surface area contributed by atoms with E-state index in [1.165, 1.54) is 9.13 Å². The molecule has 16 heavy (non-hydrogen) atoms.